The van der Waals surface area contributed by atoms with Crippen molar-refractivity contribution in [3.8, 4) is 0 Å². The van der Waals surface area contributed by atoms with Crippen LogP contribution in [0.3, 0.4) is 0 Å². The second kappa shape index (κ2) is 2.21. The van der Waals surface area contributed by atoms with E-state index in [-0.39, 0.29) is 0 Å². The largest absolute Gasteiger partial charge is 0.243 e. The molecule has 0 saturated heterocycles. The molecule has 1 heterocycles. The predicted molar refractivity (Wildman–Crippen MR) is 36.0 cm³/mol. The molecule has 50 valence electrons. The van der Waals surface area contributed by atoms with Gasteiger partial charge in [0.05, 0.1) is 13.1 Å². The molecule has 1 rings (SSSR count). The molecule has 0 saturated carbocycles. The van der Waals surface area contributed by atoms with Gasteiger partial charge >= 0.3 is 0 Å². The molecule has 1 aromatic heterocycles. The van der Waals surface area contributed by atoms with E-state index in [9.17, 15) is 0 Å². The number of imidazole rings is 1. The van der Waals surface area contributed by atoms with Crippen LogP contribution >= 0.6 is 0 Å². The molecule has 0 fully saturated rings. The van der Waals surface area contributed by atoms with Gasteiger partial charge in [0.25, 0.3) is 0 Å². The van der Waals surface area contributed by atoms with E-state index in [1.54, 1.807) is 0 Å². The molecule has 0 amide bonds. The Morgan fingerprint density at radius 3 is 2.33 bits per heavy atom. The van der Waals surface area contributed by atoms with Crippen LogP contribution in [-0.2, 0) is 7.05 Å². The van der Waals surface area contributed by atoms with Crippen molar-refractivity contribution >= 4 is 0 Å². The monoisotopic (exact) mass is 125 g/mol. The number of aryl methyl sites for hydroxylation is 1. The van der Waals surface area contributed by atoms with Crippen LogP contribution in [0.4, 0.5) is 0 Å². The van der Waals surface area contributed by atoms with Crippen molar-refractivity contribution in [1.82, 2.24) is 4.57 Å². The summed E-state index contributed by atoms with van der Waals surface area (Å²) in [6.07, 6.45) is 6.19. The lowest BCUT2D eigenvalue weighted by molar-refractivity contribution is -0.671. The Morgan fingerprint density at radius 1 is 1.44 bits per heavy atom. The topological polar surface area (TPSA) is 8.81 Å². The molecular weight excluding hydrogens is 112 g/mol. The van der Waals surface area contributed by atoms with Gasteiger partial charge in [0.2, 0.25) is 6.33 Å². The molecule has 0 unspecified atom stereocenters. The lowest BCUT2D eigenvalue weighted by Gasteiger charge is -1.95. The van der Waals surface area contributed by atoms with E-state index in [4.69, 9.17) is 0 Å². The first-order chi connectivity index (χ1) is 4.20. The Balaban J connectivity index is 2.85. The summed E-state index contributed by atoms with van der Waals surface area (Å²) in [4.78, 5) is 0. The summed E-state index contributed by atoms with van der Waals surface area (Å²) in [7, 11) is 2.03. The third kappa shape index (κ3) is 1.31. The molecule has 0 N–H and O–H groups in total. The first kappa shape index (κ1) is 6.33. The van der Waals surface area contributed by atoms with Crippen molar-refractivity contribution in [2.24, 2.45) is 7.05 Å². The number of nitrogens with zero attached hydrogens (tertiary/aromatic N) is 2. The van der Waals surface area contributed by atoms with Gasteiger partial charge in [-0.1, -0.05) is 0 Å². The van der Waals surface area contributed by atoms with E-state index in [1.807, 2.05) is 17.8 Å². The van der Waals surface area contributed by atoms with E-state index < -0.39 is 0 Å². The fourth-order valence-electron chi connectivity index (χ4n) is 0.775. The standard InChI is InChI=1S/C7H13N2/c1-7(2)9-5-4-8(3)6-9/h4-7H,1-3H3/q+1. The second-order valence-electron chi connectivity index (χ2n) is 2.62. The highest BCUT2D eigenvalue weighted by Gasteiger charge is 2.01. The second-order valence-corrected chi connectivity index (χ2v) is 2.62. The SMILES string of the molecule is CC(C)n1cc[n+](C)c1. The van der Waals surface area contributed by atoms with Crippen molar-refractivity contribution in [1.29, 1.82) is 0 Å². The molecular formula is C7H13N2+. The van der Waals surface area contributed by atoms with E-state index in [0.717, 1.165) is 0 Å². The van der Waals surface area contributed by atoms with Crippen molar-refractivity contribution in [2.45, 2.75) is 19.9 Å². The lowest BCUT2D eigenvalue weighted by atomic mass is 10.4. The molecule has 1 aromatic rings. The summed E-state index contributed by atoms with van der Waals surface area (Å²) in [5, 5.41) is 0. The molecule has 0 aliphatic carbocycles. The number of hydrogen-bond donors (Lipinski definition) is 0. The fraction of sp³-hybridized carbons (Fsp3) is 0.571. The minimum Gasteiger partial charge on any atom is -0.240 e. The van der Waals surface area contributed by atoms with Gasteiger partial charge in [0.15, 0.2) is 0 Å². The summed E-state index contributed by atoms with van der Waals surface area (Å²) < 4.78 is 4.21. The average molecular weight is 125 g/mol. The third-order valence-electron chi connectivity index (χ3n) is 1.39. The van der Waals surface area contributed by atoms with Crippen LogP contribution in [0.25, 0.3) is 0 Å². The molecule has 0 aliphatic heterocycles. The quantitative estimate of drug-likeness (QED) is 0.493. The van der Waals surface area contributed by atoms with Crippen molar-refractivity contribution in [3.63, 3.8) is 0 Å². The molecule has 0 radical (unpaired) electrons. The summed E-state index contributed by atoms with van der Waals surface area (Å²) in [6.45, 7) is 4.33. The van der Waals surface area contributed by atoms with Gasteiger partial charge in [-0.15, -0.1) is 0 Å². The van der Waals surface area contributed by atoms with Crippen LogP contribution in [-0.4, -0.2) is 4.57 Å². The molecule has 0 bridgehead atoms. The minimum atomic E-state index is 0.575. The van der Waals surface area contributed by atoms with Crippen LogP contribution in [0.15, 0.2) is 18.7 Å². The van der Waals surface area contributed by atoms with Crippen LogP contribution in [0, 0.1) is 0 Å². The summed E-state index contributed by atoms with van der Waals surface area (Å²) in [6, 6.07) is 0.575. The lowest BCUT2D eigenvalue weighted by Crippen LogP contribution is -2.23. The Hall–Kier alpha value is -0.790. The fourth-order valence-corrected chi connectivity index (χ4v) is 0.775. The maximum atomic E-state index is 2.17. The Labute approximate surface area is 55.7 Å². The molecule has 0 aromatic carbocycles. The highest BCUT2D eigenvalue weighted by molar-refractivity contribution is 4.69. The zero-order valence-corrected chi connectivity index (χ0v) is 6.20. The highest BCUT2D eigenvalue weighted by atomic mass is 15.1. The maximum absolute atomic E-state index is 2.17. The van der Waals surface area contributed by atoms with Gasteiger partial charge in [0, 0.05) is 0 Å². The van der Waals surface area contributed by atoms with Crippen LogP contribution in [0.2, 0.25) is 0 Å². The van der Waals surface area contributed by atoms with E-state index in [1.165, 1.54) is 0 Å². The summed E-state index contributed by atoms with van der Waals surface area (Å²) in [5.41, 5.74) is 0. The normalized spacial score (nSPS) is 10.7. The summed E-state index contributed by atoms with van der Waals surface area (Å²) >= 11 is 0. The van der Waals surface area contributed by atoms with Crippen molar-refractivity contribution < 1.29 is 4.57 Å². The molecule has 0 spiro atoms. The van der Waals surface area contributed by atoms with E-state index in [2.05, 4.69) is 30.9 Å². The van der Waals surface area contributed by atoms with Gasteiger partial charge in [-0.2, -0.15) is 0 Å². The van der Waals surface area contributed by atoms with Crippen LogP contribution in [0.5, 0.6) is 0 Å². The maximum Gasteiger partial charge on any atom is 0.243 e. The molecule has 0 atom stereocenters. The number of aromatic nitrogens is 2. The number of rotatable bonds is 1. The zero-order valence-electron chi connectivity index (χ0n) is 6.20. The van der Waals surface area contributed by atoms with Gasteiger partial charge in [-0.3, -0.25) is 0 Å². The molecule has 0 aliphatic rings. The van der Waals surface area contributed by atoms with Gasteiger partial charge in [0.1, 0.15) is 12.4 Å². The Bertz CT molecular complexity index is 189. The van der Waals surface area contributed by atoms with Crippen LogP contribution in [0.1, 0.15) is 19.9 Å². The van der Waals surface area contributed by atoms with Gasteiger partial charge < -0.3 is 0 Å². The molecule has 9 heavy (non-hydrogen) atoms. The van der Waals surface area contributed by atoms with Crippen molar-refractivity contribution in [3.05, 3.63) is 18.7 Å². The minimum absolute atomic E-state index is 0.575. The number of hydrogen-bond acceptors (Lipinski definition) is 0. The van der Waals surface area contributed by atoms with Gasteiger partial charge in [-0.25, -0.2) is 9.13 Å². The first-order valence-electron chi connectivity index (χ1n) is 3.23. The predicted octanol–water partition coefficient (Wildman–Crippen LogP) is 0.893. The summed E-state index contributed by atoms with van der Waals surface area (Å²) in [5.74, 6) is 0. The van der Waals surface area contributed by atoms with Crippen LogP contribution < -0.4 is 4.57 Å². The first-order valence-corrected chi connectivity index (χ1v) is 3.23. The highest BCUT2D eigenvalue weighted by Crippen LogP contribution is 1.98. The molecule has 2 heteroatoms. The van der Waals surface area contributed by atoms with E-state index in [0.29, 0.717) is 6.04 Å². The Morgan fingerprint density at radius 2 is 2.11 bits per heavy atom. The third-order valence-corrected chi connectivity index (χ3v) is 1.39. The van der Waals surface area contributed by atoms with E-state index >= 15 is 0 Å². The molecule has 2 nitrogen and oxygen atoms in total. The zero-order chi connectivity index (χ0) is 6.85. The average Bonchev–Trinajstić information content (AvgIpc) is 2.14. The smallest absolute Gasteiger partial charge is 0.240 e. The Kier molecular flexibility index (Phi) is 1.56. The van der Waals surface area contributed by atoms with Gasteiger partial charge in [-0.05, 0) is 13.8 Å². The van der Waals surface area contributed by atoms with Crippen molar-refractivity contribution in [2.75, 3.05) is 0 Å².